The van der Waals surface area contributed by atoms with Crippen molar-refractivity contribution in [2.45, 2.75) is 13.8 Å². The zero-order valence-corrected chi connectivity index (χ0v) is 15.7. The molecule has 0 amide bonds. The summed E-state index contributed by atoms with van der Waals surface area (Å²) in [5.41, 5.74) is 4.40. The van der Waals surface area contributed by atoms with Crippen LogP contribution in [0.4, 0.5) is 0 Å². The number of carbonyl (C=O) groups is 2. The van der Waals surface area contributed by atoms with Crippen molar-refractivity contribution in [3.05, 3.63) is 94.5 Å². The normalized spacial score (nSPS) is 11.1. The number of hydrogen-bond donors (Lipinski definition) is 1. The van der Waals surface area contributed by atoms with Gasteiger partial charge in [-0.2, -0.15) is 0 Å². The first-order valence-electron chi connectivity index (χ1n) is 8.81. The Bertz CT molecular complexity index is 1010. The number of aldehydes is 1. The minimum atomic E-state index is -0.989. The standard InChI is InChI=1S/C24H20O4/c1-16-11-17(2)13-19(12-16)14-23(24(26)27)20-5-9-22(10-6-20)28-21-7-3-18(15-25)4-8-21/h3-15H,1-2H3,(H,26,27). The van der Waals surface area contributed by atoms with Gasteiger partial charge in [0.25, 0.3) is 0 Å². The maximum atomic E-state index is 11.8. The van der Waals surface area contributed by atoms with Gasteiger partial charge in [0.2, 0.25) is 0 Å². The van der Waals surface area contributed by atoms with Crippen LogP contribution < -0.4 is 4.74 Å². The quantitative estimate of drug-likeness (QED) is 0.351. The Morgan fingerprint density at radius 2 is 1.36 bits per heavy atom. The molecule has 0 spiro atoms. The van der Waals surface area contributed by atoms with E-state index in [1.165, 1.54) is 0 Å². The summed E-state index contributed by atoms with van der Waals surface area (Å²) in [4.78, 5) is 22.5. The van der Waals surface area contributed by atoms with Gasteiger partial charge < -0.3 is 9.84 Å². The molecule has 0 radical (unpaired) electrons. The summed E-state index contributed by atoms with van der Waals surface area (Å²) in [6, 6.07) is 19.6. The molecule has 3 aromatic carbocycles. The fraction of sp³-hybridized carbons (Fsp3) is 0.0833. The topological polar surface area (TPSA) is 63.6 Å². The Kier molecular flexibility index (Phi) is 5.70. The van der Waals surface area contributed by atoms with Crippen molar-refractivity contribution in [3.63, 3.8) is 0 Å². The summed E-state index contributed by atoms with van der Waals surface area (Å²) >= 11 is 0. The lowest BCUT2D eigenvalue weighted by Crippen LogP contribution is -2.00. The molecule has 0 saturated heterocycles. The van der Waals surface area contributed by atoms with Gasteiger partial charge in [-0.25, -0.2) is 4.79 Å². The Balaban J connectivity index is 1.85. The van der Waals surface area contributed by atoms with Gasteiger partial charge in [-0.05, 0) is 67.4 Å². The van der Waals surface area contributed by atoms with Crippen LogP contribution in [0.3, 0.4) is 0 Å². The van der Waals surface area contributed by atoms with Gasteiger partial charge in [-0.15, -0.1) is 0 Å². The summed E-state index contributed by atoms with van der Waals surface area (Å²) < 4.78 is 5.74. The van der Waals surface area contributed by atoms with Gasteiger partial charge in [0.05, 0.1) is 5.57 Å². The van der Waals surface area contributed by atoms with Crippen LogP contribution in [-0.2, 0) is 4.79 Å². The van der Waals surface area contributed by atoms with E-state index in [1.807, 2.05) is 32.0 Å². The van der Waals surface area contributed by atoms with Crippen LogP contribution in [-0.4, -0.2) is 17.4 Å². The van der Waals surface area contributed by atoms with Gasteiger partial charge in [0, 0.05) is 5.56 Å². The molecule has 4 nitrogen and oxygen atoms in total. The highest BCUT2D eigenvalue weighted by Gasteiger charge is 2.11. The molecular formula is C24H20O4. The van der Waals surface area contributed by atoms with Gasteiger partial charge in [-0.1, -0.05) is 41.5 Å². The highest BCUT2D eigenvalue weighted by molar-refractivity contribution is 6.20. The highest BCUT2D eigenvalue weighted by Crippen LogP contribution is 2.26. The van der Waals surface area contributed by atoms with Crippen LogP contribution in [0.15, 0.2) is 66.7 Å². The third-order valence-electron chi connectivity index (χ3n) is 4.20. The van der Waals surface area contributed by atoms with Gasteiger partial charge in [0.1, 0.15) is 17.8 Å². The van der Waals surface area contributed by atoms with E-state index in [0.29, 0.717) is 22.6 Å². The second-order valence-corrected chi connectivity index (χ2v) is 6.60. The fourth-order valence-electron chi connectivity index (χ4n) is 2.98. The molecule has 0 heterocycles. The van der Waals surface area contributed by atoms with Crippen LogP contribution in [0.25, 0.3) is 11.6 Å². The Morgan fingerprint density at radius 3 is 1.86 bits per heavy atom. The third kappa shape index (κ3) is 4.74. The summed E-state index contributed by atoms with van der Waals surface area (Å²) in [5.74, 6) is 0.193. The minimum Gasteiger partial charge on any atom is -0.478 e. The number of ether oxygens (including phenoxy) is 1. The third-order valence-corrected chi connectivity index (χ3v) is 4.20. The second kappa shape index (κ2) is 8.35. The number of carboxylic acid groups (broad SMARTS) is 1. The van der Waals surface area contributed by atoms with Gasteiger partial charge in [0.15, 0.2) is 0 Å². The van der Waals surface area contributed by atoms with E-state index >= 15 is 0 Å². The van der Waals surface area contributed by atoms with Crippen molar-refractivity contribution in [2.75, 3.05) is 0 Å². The number of aliphatic carboxylic acids is 1. The highest BCUT2D eigenvalue weighted by atomic mass is 16.5. The number of aryl methyl sites for hydroxylation is 2. The Hall–Kier alpha value is -3.66. The largest absolute Gasteiger partial charge is 0.478 e. The van der Waals surface area contributed by atoms with E-state index in [4.69, 9.17) is 4.74 Å². The predicted octanol–water partition coefficient (Wildman–Crippen LogP) is 5.53. The van der Waals surface area contributed by atoms with Crippen molar-refractivity contribution in [3.8, 4) is 11.5 Å². The van der Waals surface area contributed by atoms with Crippen LogP contribution in [0, 0.1) is 13.8 Å². The molecule has 3 rings (SSSR count). The second-order valence-electron chi connectivity index (χ2n) is 6.60. The van der Waals surface area contributed by atoms with Crippen LogP contribution >= 0.6 is 0 Å². The maximum Gasteiger partial charge on any atom is 0.336 e. The average molecular weight is 372 g/mol. The van der Waals surface area contributed by atoms with Crippen LogP contribution in [0.2, 0.25) is 0 Å². The molecule has 1 N–H and O–H groups in total. The molecule has 0 saturated carbocycles. The number of rotatable bonds is 6. The zero-order valence-electron chi connectivity index (χ0n) is 15.7. The van der Waals surface area contributed by atoms with Crippen molar-refractivity contribution < 1.29 is 19.4 Å². The van der Waals surface area contributed by atoms with E-state index in [9.17, 15) is 14.7 Å². The molecule has 140 valence electrons. The van der Waals surface area contributed by atoms with Crippen molar-refractivity contribution in [1.82, 2.24) is 0 Å². The lowest BCUT2D eigenvalue weighted by molar-refractivity contribution is -0.130. The first-order chi connectivity index (χ1) is 13.4. The average Bonchev–Trinajstić information content (AvgIpc) is 2.66. The minimum absolute atomic E-state index is 0.215. The molecule has 0 aliphatic heterocycles. The Labute approximate surface area is 163 Å². The molecule has 0 aliphatic rings. The van der Waals surface area contributed by atoms with E-state index in [2.05, 4.69) is 0 Å². The first kappa shape index (κ1) is 19.1. The predicted molar refractivity (Wildman–Crippen MR) is 110 cm³/mol. The van der Waals surface area contributed by atoms with Gasteiger partial charge in [-0.3, -0.25) is 4.79 Å². The molecule has 4 heteroatoms. The van der Waals surface area contributed by atoms with Crippen LogP contribution in [0.1, 0.15) is 32.6 Å². The molecule has 0 bridgehead atoms. The van der Waals surface area contributed by atoms with Crippen molar-refractivity contribution in [1.29, 1.82) is 0 Å². The van der Waals surface area contributed by atoms with E-state index < -0.39 is 5.97 Å². The SMILES string of the molecule is Cc1cc(C)cc(C=C(C(=O)O)c2ccc(Oc3ccc(C=O)cc3)cc2)c1. The number of carbonyl (C=O) groups excluding carboxylic acids is 1. The Morgan fingerprint density at radius 1 is 0.821 bits per heavy atom. The molecule has 0 fully saturated rings. The maximum absolute atomic E-state index is 11.8. The van der Waals surface area contributed by atoms with E-state index in [1.54, 1.807) is 54.6 Å². The van der Waals surface area contributed by atoms with E-state index in [0.717, 1.165) is 23.0 Å². The smallest absolute Gasteiger partial charge is 0.336 e. The summed E-state index contributed by atoms with van der Waals surface area (Å²) in [6.07, 6.45) is 2.45. The zero-order chi connectivity index (χ0) is 20.1. The van der Waals surface area contributed by atoms with Crippen LogP contribution in [0.5, 0.6) is 11.5 Å². The van der Waals surface area contributed by atoms with Crippen molar-refractivity contribution >= 4 is 23.9 Å². The number of hydrogen-bond acceptors (Lipinski definition) is 3. The van der Waals surface area contributed by atoms with E-state index in [-0.39, 0.29) is 5.57 Å². The summed E-state index contributed by atoms with van der Waals surface area (Å²) in [7, 11) is 0. The molecule has 0 unspecified atom stereocenters. The monoisotopic (exact) mass is 372 g/mol. The molecular weight excluding hydrogens is 352 g/mol. The first-order valence-corrected chi connectivity index (χ1v) is 8.81. The number of carboxylic acids is 1. The van der Waals surface area contributed by atoms with Crippen molar-refractivity contribution in [2.24, 2.45) is 0 Å². The summed E-state index contributed by atoms with van der Waals surface area (Å²) in [5, 5.41) is 9.65. The number of benzene rings is 3. The lowest BCUT2D eigenvalue weighted by atomic mass is 10.0. The molecule has 0 aromatic heterocycles. The fourth-order valence-corrected chi connectivity index (χ4v) is 2.98. The molecule has 0 atom stereocenters. The molecule has 3 aromatic rings. The molecule has 0 aliphatic carbocycles. The molecule has 28 heavy (non-hydrogen) atoms. The lowest BCUT2D eigenvalue weighted by Gasteiger charge is -2.08. The summed E-state index contributed by atoms with van der Waals surface area (Å²) in [6.45, 7) is 3.97. The van der Waals surface area contributed by atoms with Gasteiger partial charge >= 0.3 is 5.97 Å².